The lowest BCUT2D eigenvalue weighted by Gasteiger charge is -2.40. The van der Waals surface area contributed by atoms with Crippen LogP contribution in [0.3, 0.4) is 0 Å². The van der Waals surface area contributed by atoms with Crippen molar-refractivity contribution in [2.75, 3.05) is 24.5 Å². The number of nitrogens with zero attached hydrogens (tertiary/aromatic N) is 4. The summed E-state index contributed by atoms with van der Waals surface area (Å²) in [7, 11) is 0. The van der Waals surface area contributed by atoms with E-state index in [0.29, 0.717) is 19.6 Å². The topological polar surface area (TPSA) is 77.2 Å². The highest BCUT2D eigenvalue weighted by Crippen LogP contribution is 2.26. The van der Waals surface area contributed by atoms with Crippen molar-refractivity contribution in [3.63, 3.8) is 0 Å². The minimum atomic E-state index is -0.284. The zero-order valence-corrected chi connectivity index (χ0v) is 16.8. The zero-order chi connectivity index (χ0) is 20.5. The molecular weight excluding hydrogens is 371 g/mol. The first-order valence-corrected chi connectivity index (χ1v) is 9.80. The number of fused-ring (bicyclic) bond motifs is 1. The largest absolute Gasteiger partial charge is 0.352 e. The predicted molar refractivity (Wildman–Crippen MR) is 110 cm³/mol. The number of carbonyl (C=O) groups excluding carboxylic acids is 1. The van der Waals surface area contributed by atoms with E-state index in [9.17, 15) is 9.18 Å². The molecule has 152 valence electrons. The Balaban J connectivity index is 1.43. The Morgan fingerprint density at radius 3 is 2.76 bits per heavy atom. The van der Waals surface area contributed by atoms with Crippen LogP contribution < -0.4 is 10.2 Å². The van der Waals surface area contributed by atoms with Crippen molar-refractivity contribution in [1.29, 1.82) is 0 Å². The first-order valence-electron chi connectivity index (χ1n) is 9.80. The van der Waals surface area contributed by atoms with Crippen LogP contribution >= 0.6 is 0 Å². The molecule has 1 aliphatic heterocycles. The molecule has 1 fully saturated rings. The van der Waals surface area contributed by atoms with E-state index in [4.69, 9.17) is 0 Å². The van der Waals surface area contributed by atoms with Crippen LogP contribution in [0.1, 0.15) is 31.1 Å². The van der Waals surface area contributed by atoms with E-state index in [-0.39, 0.29) is 23.9 Å². The third-order valence-electron chi connectivity index (χ3n) is 5.44. The lowest BCUT2D eigenvalue weighted by molar-refractivity contribution is 0.168. The molecule has 2 N–H and O–H groups in total. The van der Waals surface area contributed by atoms with E-state index < -0.39 is 0 Å². The molecule has 8 heteroatoms. The van der Waals surface area contributed by atoms with Gasteiger partial charge in [0.05, 0.1) is 11.4 Å². The van der Waals surface area contributed by atoms with E-state index in [2.05, 4.69) is 31.2 Å². The van der Waals surface area contributed by atoms with Crippen LogP contribution in [-0.4, -0.2) is 51.6 Å². The molecule has 2 atom stereocenters. The van der Waals surface area contributed by atoms with Gasteiger partial charge in [-0.1, -0.05) is 12.1 Å². The Labute approximate surface area is 168 Å². The van der Waals surface area contributed by atoms with E-state index >= 15 is 0 Å². The Hall–Kier alpha value is -3.16. The summed E-state index contributed by atoms with van der Waals surface area (Å²) < 4.78 is 13.1. The van der Waals surface area contributed by atoms with E-state index in [1.165, 1.54) is 12.1 Å². The van der Waals surface area contributed by atoms with Crippen LogP contribution in [0.15, 0.2) is 36.7 Å². The van der Waals surface area contributed by atoms with Gasteiger partial charge in [0.25, 0.3) is 0 Å². The Morgan fingerprint density at radius 1 is 1.28 bits per heavy atom. The molecule has 4 rings (SSSR count). The molecule has 0 aliphatic carbocycles. The van der Waals surface area contributed by atoms with E-state index in [1.807, 2.05) is 25.7 Å². The van der Waals surface area contributed by atoms with Crippen molar-refractivity contribution in [3.8, 4) is 0 Å². The Kier molecular flexibility index (Phi) is 5.08. The maximum absolute atomic E-state index is 13.1. The van der Waals surface area contributed by atoms with Gasteiger partial charge in [0, 0.05) is 31.4 Å². The lowest BCUT2D eigenvalue weighted by atomic mass is 10.1. The molecule has 3 heterocycles. The van der Waals surface area contributed by atoms with Crippen molar-refractivity contribution in [2.45, 2.75) is 32.9 Å². The second-order valence-corrected chi connectivity index (χ2v) is 7.62. The summed E-state index contributed by atoms with van der Waals surface area (Å²) in [4.78, 5) is 28.9. The number of nitrogens with one attached hydrogen (secondary N) is 2. The van der Waals surface area contributed by atoms with Gasteiger partial charge in [-0.25, -0.2) is 19.2 Å². The number of halogens is 1. The summed E-state index contributed by atoms with van der Waals surface area (Å²) in [5.74, 6) is 0.611. The number of rotatable bonds is 3. The molecule has 3 aromatic rings. The highest BCUT2D eigenvalue weighted by molar-refractivity contribution is 5.88. The fourth-order valence-electron chi connectivity index (χ4n) is 3.86. The third kappa shape index (κ3) is 3.87. The van der Waals surface area contributed by atoms with Gasteiger partial charge in [0.15, 0.2) is 0 Å². The number of amides is 2. The number of carbonyl (C=O) groups is 1. The molecule has 2 amide bonds. The van der Waals surface area contributed by atoms with Gasteiger partial charge >= 0.3 is 6.03 Å². The average Bonchev–Trinajstić information content (AvgIpc) is 3.08. The van der Waals surface area contributed by atoms with Crippen molar-refractivity contribution in [3.05, 3.63) is 53.7 Å². The van der Waals surface area contributed by atoms with Crippen LogP contribution in [0.4, 0.5) is 15.0 Å². The number of urea groups is 1. The fourth-order valence-corrected chi connectivity index (χ4v) is 3.86. The second kappa shape index (κ2) is 7.69. The van der Waals surface area contributed by atoms with Gasteiger partial charge in [-0.05, 0) is 44.5 Å². The maximum atomic E-state index is 13.1. The SMILES string of the molecule is Cc1cc2c(N3CCN(C(=O)N[C@@H](C)c4ccc(F)cc4)[C@H](C)C3)ncnc2[nH]1. The van der Waals surface area contributed by atoms with E-state index in [1.54, 1.807) is 18.5 Å². The Morgan fingerprint density at radius 2 is 2.03 bits per heavy atom. The molecule has 0 saturated carbocycles. The molecule has 0 bridgehead atoms. The minimum Gasteiger partial charge on any atom is -0.352 e. The van der Waals surface area contributed by atoms with Crippen molar-refractivity contribution in [2.24, 2.45) is 0 Å². The zero-order valence-electron chi connectivity index (χ0n) is 16.8. The van der Waals surface area contributed by atoms with Crippen LogP contribution in [0, 0.1) is 12.7 Å². The maximum Gasteiger partial charge on any atom is 0.318 e. The predicted octanol–water partition coefficient (Wildman–Crippen LogP) is 3.39. The first-order chi connectivity index (χ1) is 13.9. The summed E-state index contributed by atoms with van der Waals surface area (Å²) in [6.45, 7) is 7.91. The molecule has 1 aliphatic rings. The molecule has 29 heavy (non-hydrogen) atoms. The highest BCUT2D eigenvalue weighted by Gasteiger charge is 2.29. The summed E-state index contributed by atoms with van der Waals surface area (Å²) >= 11 is 0. The smallest absolute Gasteiger partial charge is 0.318 e. The number of H-pyrrole nitrogens is 1. The van der Waals surface area contributed by atoms with Gasteiger partial charge in [0.1, 0.15) is 23.6 Å². The number of piperazine rings is 1. The quantitative estimate of drug-likeness (QED) is 0.712. The molecule has 0 radical (unpaired) electrons. The molecule has 1 aromatic carbocycles. The van der Waals surface area contributed by atoms with Crippen molar-refractivity contribution in [1.82, 2.24) is 25.2 Å². The second-order valence-electron chi connectivity index (χ2n) is 7.62. The molecule has 0 spiro atoms. The number of benzene rings is 1. The highest BCUT2D eigenvalue weighted by atomic mass is 19.1. The molecule has 2 aromatic heterocycles. The fraction of sp³-hybridized carbons (Fsp3) is 0.381. The standard InChI is InChI=1S/C21H25FN6O/c1-13-10-18-19(25-13)23-12-24-20(18)27-8-9-28(14(2)11-27)21(29)26-15(3)16-4-6-17(22)7-5-16/h4-7,10,12,14-15H,8-9,11H2,1-3H3,(H,26,29)(H,23,24,25)/t14-,15+/m1/s1. The average molecular weight is 396 g/mol. The third-order valence-corrected chi connectivity index (χ3v) is 5.44. The number of anilines is 1. The van der Waals surface area contributed by atoms with Crippen LogP contribution in [0.25, 0.3) is 11.0 Å². The molecule has 1 saturated heterocycles. The number of aromatic amines is 1. The number of aromatic nitrogens is 3. The summed E-state index contributed by atoms with van der Waals surface area (Å²) in [6, 6.07) is 7.97. The van der Waals surface area contributed by atoms with Gasteiger partial charge in [0.2, 0.25) is 0 Å². The normalized spacial score (nSPS) is 18.1. The molecule has 0 unspecified atom stereocenters. The lowest BCUT2D eigenvalue weighted by Crippen LogP contribution is -2.57. The monoisotopic (exact) mass is 396 g/mol. The Bertz CT molecular complexity index is 1020. The number of hydrogen-bond donors (Lipinski definition) is 2. The number of hydrogen-bond acceptors (Lipinski definition) is 4. The minimum absolute atomic E-state index is 0.0224. The summed E-state index contributed by atoms with van der Waals surface area (Å²) in [5, 5.41) is 4.02. The van der Waals surface area contributed by atoms with Crippen LogP contribution in [0.5, 0.6) is 0 Å². The van der Waals surface area contributed by atoms with Crippen LogP contribution in [0.2, 0.25) is 0 Å². The molecule has 7 nitrogen and oxygen atoms in total. The van der Waals surface area contributed by atoms with E-state index in [0.717, 1.165) is 28.1 Å². The van der Waals surface area contributed by atoms with Gasteiger partial charge < -0.3 is 20.1 Å². The van der Waals surface area contributed by atoms with Crippen molar-refractivity contribution < 1.29 is 9.18 Å². The van der Waals surface area contributed by atoms with Gasteiger partial charge in [-0.2, -0.15) is 0 Å². The first kappa shape index (κ1) is 19.2. The van der Waals surface area contributed by atoms with Gasteiger partial charge in [-0.3, -0.25) is 0 Å². The summed E-state index contributed by atoms with van der Waals surface area (Å²) in [5.41, 5.74) is 2.74. The van der Waals surface area contributed by atoms with Gasteiger partial charge in [-0.15, -0.1) is 0 Å². The number of aryl methyl sites for hydroxylation is 1. The molecular formula is C21H25FN6O. The van der Waals surface area contributed by atoms with Crippen LogP contribution in [-0.2, 0) is 0 Å². The van der Waals surface area contributed by atoms with Crippen molar-refractivity contribution >= 4 is 22.9 Å². The summed E-state index contributed by atoms with van der Waals surface area (Å²) in [6.07, 6.45) is 1.57.